The van der Waals surface area contributed by atoms with Crippen LogP contribution in [0.4, 0.5) is 0 Å². The molecule has 1 aromatic heterocycles. The van der Waals surface area contributed by atoms with Crippen LogP contribution in [0.15, 0.2) is 79.6 Å². The zero-order valence-electron chi connectivity index (χ0n) is 12.6. The highest BCUT2D eigenvalue weighted by Crippen LogP contribution is 2.36. The van der Waals surface area contributed by atoms with Gasteiger partial charge in [0.1, 0.15) is 0 Å². The molecule has 116 valence electrons. The van der Waals surface area contributed by atoms with Gasteiger partial charge < -0.3 is 9.67 Å². The third-order valence-electron chi connectivity index (χ3n) is 3.82. The number of imidazole rings is 1. The molecule has 3 aromatic rings. The van der Waals surface area contributed by atoms with Gasteiger partial charge in [0.05, 0.1) is 0 Å². The van der Waals surface area contributed by atoms with Crippen LogP contribution in [0.3, 0.4) is 0 Å². The second-order valence-electron chi connectivity index (χ2n) is 5.28. The Bertz CT molecular complexity index is 796. The monoisotopic (exact) mass is 324 g/mol. The van der Waals surface area contributed by atoms with E-state index in [9.17, 15) is 5.11 Å². The van der Waals surface area contributed by atoms with Gasteiger partial charge in [-0.3, -0.25) is 0 Å². The molecule has 0 saturated carbocycles. The maximum absolute atomic E-state index is 11.7. The number of rotatable bonds is 5. The standard InChI is InChI=1S/C19H17ClN2O/c1-2-13-22-14-12-21-18(22)19(23,15-6-4-3-5-7-15)16-8-10-17(20)11-9-16/h2-12,14,23H,1,13H2. The Balaban J connectivity index is 2.23. The predicted octanol–water partition coefficient (Wildman–Crippen LogP) is 4.01. The zero-order valence-corrected chi connectivity index (χ0v) is 13.3. The summed E-state index contributed by atoms with van der Waals surface area (Å²) >= 11 is 6.00. The van der Waals surface area contributed by atoms with E-state index in [1.807, 2.05) is 53.2 Å². The van der Waals surface area contributed by atoms with Gasteiger partial charge in [-0.1, -0.05) is 60.1 Å². The van der Waals surface area contributed by atoms with Gasteiger partial charge in [-0.25, -0.2) is 4.98 Å². The van der Waals surface area contributed by atoms with Crippen LogP contribution >= 0.6 is 11.6 Å². The summed E-state index contributed by atoms with van der Waals surface area (Å²) in [7, 11) is 0. The number of aromatic nitrogens is 2. The molecular weight excluding hydrogens is 308 g/mol. The van der Waals surface area contributed by atoms with Gasteiger partial charge in [0, 0.05) is 24.0 Å². The molecule has 1 N–H and O–H groups in total. The fourth-order valence-corrected chi connectivity index (χ4v) is 2.84. The van der Waals surface area contributed by atoms with Gasteiger partial charge in [-0.15, -0.1) is 6.58 Å². The second-order valence-corrected chi connectivity index (χ2v) is 5.71. The molecule has 1 unspecified atom stereocenters. The molecule has 2 aromatic carbocycles. The average Bonchev–Trinajstić information content (AvgIpc) is 3.05. The first kappa shape index (κ1) is 15.5. The molecule has 3 nitrogen and oxygen atoms in total. The first-order valence-electron chi connectivity index (χ1n) is 7.32. The number of allylic oxidation sites excluding steroid dienone is 1. The lowest BCUT2D eigenvalue weighted by molar-refractivity contribution is 0.112. The van der Waals surface area contributed by atoms with Crippen LogP contribution in [0.2, 0.25) is 5.02 Å². The van der Waals surface area contributed by atoms with E-state index in [1.54, 1.807) is 24.4 Å². The lowest BCUT2D eigenvalue weighted by Gasteiger charge is -2.29. The number of hydrogen-bond donors (Lipinski definition) is 1. The summed E-state index contributed by atoms with van der Waals surface area (Å²) in [5.74, 6) is 0.547. The Kier molecular flexibility index (Phi) is 4.33. The molecule has 0 amide bonds. The lowest BCUT2D eigenvalue weighted by atomic mass is 9.85. The minimum Gasteiger partial charge on any atom is -0.373 e. The van der Waals surface area contributed by atoms with E-state index in [-0.39, 0.29) is 0 Å². The summed E-state index contributed by atoms with van der Waals surface area (Å²) in [6.45, 7) is 4.34. The van der Waals surface area contributed by atoms with Crippen molar-refractivity contribution in [1.29, 1.82) is 0 Å². The van der Waals surface area contributed by atoms with Crippen molar-refractivity contribution < 1.29 is 5.11 Å². The maximum Gasteiger partial charge on any atom is 0.173 e. The molecule has 0 aliphatic heterocycles. The molecule has 0 aliphatic carbocycles. The summed E-state index contributed by atoms with van der Waals surface area (Å²) in [6.07, 6.45) is 5.29. The van der Waals surface area contributed by atoms with E-state index in [0.29, 0.717) is 23.0 Å². The molecule has 3 rings (SSSR count). The fraction of sp³-hybridized carbons (Fsp3) is 0.105. The van der Waals surface area contributed by atoms with Gasteiger partial charge in [0.2, 0.25) is 0 Å². The van der Waals surface area contributed by atoms with E-state index in [2.05, 4.69) is 11.6 Å². The molecule has 1 atom stereocenters. The quantitative estimate of drug-likeness (QED) is 0.720. The molecule has 0 spiro atoms. The Morgan fingerprint density at radius 2 is 1.74 bits per heavy atom. The first-order chi connectivity index (χ1) is 11.2. The van der Waals surface area contributed by atoms with Crippen LogP contribution in [0.25, 0.3) is 0 Å². The lowest BCUT2D eigenvalue weighted by Crippen LogP contribution is -2.32. The minimum atomic E-state index is -1.36. The predicted molar refractivity (Wildman–Crippen MR) is 92.4 cm³/mol. The van der Waals surface area contributed by atoms with Crippen LogP contribution in [0, 0.1) is 0 Å². The molecule has 1 heterocycles. The van der Waals surface area contributed by atoms with Crippen molar-refractivity contribution in [3.63, 3.8) is 0 Å². The highest BCUT2D eigenvalue weighted by molar-refractivity contribution is 6.30. The van der Waals surface area contributed by atoms with E-state index in [0.717, 1.165) is 5.56 Å². The van der Waals surface area contributed by atoms with Crippen LogP contribution in [-0.2, 0) is 12.1 Å². The molecule has 23 heavy (non-hydrogen) atoms. The Hall–Kier alpha value is -2.36. The second kappa shape index (κ2) is 6.41. The van der Waals surface area contributed by atoms with Crippen molar-refractivity contribution in [3.05, 3.63) is 102 Å². The highest BCUT2D eigenvalue weighted by Gasteiger charge is 2.37. The first-order valence-corrected chi connectivity index (χ1v) is 7.70. The Morgan fingerprint density at radius 3 is 2.39 bits per heavy atom. The fourth-order valence-electron chi connectivity index (χ4n) is 2.71. The van der Waals surface area contributed by atoms with Crippen LogP contribution in [0.1, 0.15) is 17.0 Å². The van der Waals surface area contributed by atoms with Gasteiger partial charge in [0.15, 0.2) is 11.4 Å². The smallest absolute Gasteiger partial charge is 0.173 e. The molecule has 0 fully saturated rings. The van der Waals surface area contributed by atoms with Gasteiger partial charge in [0.25, 0.3) is 0 Å². The Labute approximate surface area is 140 Å². The van der Waals surface area contributed by atoms with Crippen LogP contribution in [-0.4, -0.2) is 14.7 Å². The van der Waals surface area contributed by atoms with E-state index >= 15 is 0 Å². The van der Waals surface area contributed by atoms with Crippen molar-refractivity contribution in [3.8, 4) is 0 Å². The molecule has 0 saturated heterocycles. The van der Waals surface area contributed by atoms with Gasteiger partial charge >= 0.3 is 0 Å². The summed E-state index contributed by atoms with van der Waals surface area (Å²) < 4.78 is 1.88. The average molecular weight is 325 g/mol. The number of aliphatic hydroxyl groups is 1. The third kappa shape index (κ3) is 2.81. The molecule has 0 bridgehead atoms. The van der Waals surface area contributed by atoms with Gasteiger partial charge in [-0.2, -0.15) is 0 Å². The topological polar surface area (TPSA) is 38.0 Å². The number of benzene rings is 2. The SMILES string of the molecule is C=CCn1ccnc1C(O)(c1ccccc1)c1ccc(Cl)cc1. The van der Waals surface area contributed by atoms with Crippen molar-refractivity contribution >= 4 is 11.6 Å². The maximum atomic E-state index is 11.7. The van der Waals surface area contributed by atoms with Crippen LogP contribution in [0.5, 0.6) is 0 Å². The normalized spacial score (nSPS) is 13.5. The largest absolute Gasteiger partial charge is 0.373 e. The summed E-state index contributed by atoms with van der Waals surface area (Å²) in [4.78, 5) is 4.41. The van der Waals surface area contributed by atoms with Crippen molar-refractivity contribution in [2.75, 3.05) is 0 Å². The number of halogens is 1. The van der Waals surface area contributed by atoms with Gasteiger partial charge in [-0.05, 0) is 23.3 Å². The highest BCUT2D eigenvalue weighted by atomic mass is 35.5. The van der Waals surface area contributed by atoms with Crippen LogP contribution < -0.4 is 0 Å². The molecule has 0 radical (unpaired) electrons. The number of hydrogen-bond acceptors (Lipinski definition) is 2. The summed E-state index contributed by atoms with van der Waals surface area (Å²) in [6, 6.07) is 16.7. The zero-order chi connectivity index (χ0) is 16.3. The molecule has 0 aliphatic rings. The van der Waals surface area contributed by atoms with E-state index in [1.165, 1.54) is 0 Å². The Morgan fingerprint density at radius 1 is 1.09 bits per heavy atom. The summed E-state index contributed by atoms with van der Waals surface area (Å²) in [5, 5.41) is 12.3. The molecular formula is C19H17ClN2O. The van der Waals surface area contributed by atoms with Crippen molar-refractivity contribution in [1.82, 2.24) is 9.55 Å². The van der Waals surface area contributed by atoms with Crippen molar-refractivity contribution in [2.45, 2.75) is 12.1 Å². The van der Waals surface area contributed by atoms with E-state index < -0.39 is 5.60 Å². The summed E-state index contributed by atoms with van der Waals surface area (Å²) in [5.41, 5.74) is 0.0988. The third-order valence-corrected chi connectivity index (χ3v) is 4.07. The molecule has 4 heteroatoms. The van der Waals surface area contributed by atoms with Crippen molar-refractivity contribution in [2.24, 2.45) is 0 Å². The minimum absolute atomic E-state index is 0.547. The van der Waals surface area contributed by atoms with E-state index in [4.69, 9.17) is 11.6 Å². The number of nitrogens with zero attached hydrogens (tertiary/aromatic N) is 2.